The summed E-state index contributed by atoms with van der Waals surface area (Å²) < 4.78 is 7.26. The molecule has 4 rings (SSSR count). The second-order valence-corrected chi connectivity index (χ2v) is 9.09. The van der Waals surface area contributed by atoms with Gasteiger partial charge in [-0.2, -0.15) is 0 Å². The fraction of sp³-hybridized carbons (Fsp3) is 0.214. The van der Waals surface area contributed by atoms with Crippen molar-refractivity contribution >= 4 is 40.2 Å². The SMILES string of the molecule is CCc1ccc(NC(=O)CSc2cn(CCNC(=O)c3ccc(OC)cc3)c3ccccc23)cc1. The summed E-state index contributed by atoms with van der Waals surface area (Å²) in [6.07, 6.45) is 3.03. The van der Waals surface area contributed by atoms with Crippen LogP contribution in [0, 0.1) is 0 Å². The lowest BCUT2D eigenvalue weighted by Gasteiger charge is -2.08. The Kier molecular flexibility index (Phi) is 8.11. The molecule has 0 unspecified atom stereocenters. The van der Waals surface area contributed by atoms with Crippen molar-refractivity contribution < 1.29 is 14.3 Å². The smallest absolute Gasteiger partial charge is 0.251 e. The van der Waals surface area contributed by atoms with Crippen molar-refractivity contribution in [1.82, 2.24) is 9.88 Å². The van der Waals surface area contributed by atoms with Crippen LogP contribution in [0.5, 0.6) is 5.75 Å². The van der Waals surface area contributed by atoms with Crippen LogP contribution in [0.2, 0.25) is 0 Å². The van der Waals surface area contributed by atoms with Crippen molar-refractivity contribution in [1.29, 1.82) is 0 Å². The third-order valence-corrected chi connectivity index (χ3v) is 6.79. The number of amides is 2. The number of para-hydroxylation sites is 1. The Morgan fingerprint density at radius 2 is 1.71 bits per heavy atom. The quantitative estimate of drug-likeness (QED) is 0.295. The lowest BCUT2D eigenvalue weighted by atomic mass is 10.1. The van der Waals surface area contributed by atoms with Crippen molar-refractivity contribution in [3.63, 3.8) is 0 Å². The summed E-state index contributed by atoms with van der Waals surface area (Å²) in [5, 5.41) is 7.04. The molecule has 0 saturated carbocycles. The van der Waals surface area contributed by atoms with Gasteiger partial charge in [0.2, 0.25) is 5.91 Å². The van der Waals surface area contributed by atoms with E-state index in [1.54, 1.807) is 31.4 Å². The van der Waals surface area contributed by atoms with Crippen LogP contribution in [-0.2, 0) is 17.8 Å². The van der Waals surface area contributed by atoms with Gasteiger partial charge in [-0.3, -0.25) is 9.59 Å². The maximum atomic E-state index is 12.5. The number of aromatic nitrogens is 1. The number of carbonyl (C=O) groups is 2. The average Bonchev–Trinajstić information content (AvgIpc) is 3.25. The number of benzene rings is 3. The molecule has 0 spiro atoms. The highest BCUT2D eigenvalue weighted by Gasteiger charge is 2.12. The average molecular weight is 488 g/mol. The minimum absolute atomic E-state index is 0.0390. The van der Waals surface area contributed by atoms with Gasteiger partial charge in [0, 0.05) is 46.3 Å². The standard InChI is InChI=1S/C28H29N3O3S/c1-3-20-8-12-22(13-9-20)30-27(32)19-35-26-18-31(25-7-5-4-6-24(25)26)17-16-29-28(33)21-10-14-23(34-2)15-11-21/h4-15,18H,3,16-17,19H2,1-2H3,(H,29,33)(H,30,32). The van der Waals surface area contributed by atoms with E-state index >= 15 is 0 Å². The summed E-state index contributed by atoms with van der Waals surface area (Å²) in [7, 11) is 1.60. The Labute approximate surface area is 209 Å². The molecule has 7 heteroatoms. The number of thioether (sulfide) groups is 1. The minimum atomic E-state index is -0.123. The molecule has 4 aromatic rings. The molecule has 1 heterocycles. The first-order valence-corrected chi connectivity index (χ1v) is 12.6. The maximum absolute atomic E-state index is 12.5. The summed E-state index contributed by atoms with van der Waals surface area (Å²) >= 11 is 1.51. The van der Waals surface area contributed by atoms with Gasteiger partial charge in [0.15, 0.2) is 0 Å². The molecular weight excluding hydrogens is 458 g/mol. The van der Waals surface area contributed by atoms with Crippen LogP contribution in [0.15, 0.2) is 83.9 Å². The zero-order chi connectivity index (χ0) is 24.6. The van der Waals surface area contributed by atoms with E-state index in [2.05, 4.69) is 40.5 Å². The molecule has 0 aliphatic heterocycles. The maximum Gasteiger partial charge on any atom is 0.251 e. The lowest BCUT2D eigenvalue weighted by Crippen LogP contribution is -2.27. The third-order valence-electron chi connectivity index (χ3n) is 5.75. The van der Waals surface area contributed by atoms with Gasteiger partial charge in [-0.25, -0.2) is 0 Å². The van der Waals surface area contributed by atoms with E-state index in [4.69, 9.17) is 4.74 Å². The number of anilines is 1. The molecule has 2 N–H and O–H groups in total. The van der Waals surface area contributed by atoms with E-state index in [0.717, 1.165) is 27.9 Å². The monoisotopic (exact) mass is 487 g/mol. The molecule has 1 aromatic heterocycles. The minimum Gasteiger partial charge on any atom is -0.497 e. The zero-order valence-corrected chi connectivity index (χ0v) is 20.7. The van der Waals surface area contributed by atoms with Gasteiger partial charge in [-0.15, -0.1) is 11.8 Å². The Hall–Kier alpha value is -3.71. The van der Waals surface area contributed by atoms with Crippen molar-refractivity contribution in [2.45, 2.75) is 24.8 Å². The number of nitrogens with one attached hydrogen (secondary N) is 2. The van der Waals surface area contributed by atoms with E-state index < -0.39 is 0 Å². The fourth-order valence-electron chi connectivity index (χ4n) is 3.81. The molecule has 35 heavy (non-hydrogen) atoms. The number of rotatable bonds is 10. The molecule has 0 saturated heterocycles. The highest BCUT2D eigenvalue weighted by molar-refractivity contribution is 8.00. The second kappa shape index (κ2) is 11.6. The summed E-state index contributed by atoms with van der Waals surface area (Å²) in [5.74, 6) is 0.872. The van der Waals surface area contributed by atoms with Gasteiger partial charge < -0.3 is 19.9 Å². The van der Waals surface area contributed by atoms with E-state index in [-0.39, 0.29) is 11.8 Å². The van der Waals surface area contributed by atoms with Crippen LogP contribution in [0.4, 0.5) is 5.69 Å². The van der Waals surface area contributed by atoms with Gasteiger partial charge in [-0.05, 0) is 54.4 Å². The second-order valence-electron chi connectivity index (χ2n) is 8.08. The van der Waals surface area contributed by atoms with Gasteiger partial charge in [0.05, 0.1) is 12.9 Å². The summed E-state index contributed by atoms with van der Waals surface area (Å²) in [4.78, 5) is 26.0. The molecular formula is C28H29N3O3S. The number of ether oxygens (including phenoxy) is 1. The third kappa shape index (κ3) is 6.25. The predicted molar refractivity (Wildman–Crippen MR) is 142 cm³/mol. The fourth-order valence-corrected chi connectivity index (χ4v) is 4.70. The molecule has 2 amide bonds. The Balaban J connectivity index is 1.35. The highest BCUT2D eigenvalue weighted by atomic mass is 32.2. The van der Waals surface area contributed by atoms with Gasteiger partial charge in [0.1, 0.15) is 5.75 Å². The van der Waals surface area contributed by atoms with E-state index in [9.17, 15) is 9.59 Å². The van der Waals surface area contributed by atoms with Crippen LogP contribution >= 0.6 is 11.8 Å². The number of aryl methyl sites for hydroxylation is 1. The number of hydrogen-bond donors (Lipinski definition) is 2. The van der Waals surface area contributed by atoms with Crippen molar-refractivity contribution in [2.75, 3.05) is 24.7 Å². The van der Waals surface area contributed by atoms with E-state index in [1.807, 2.05) is 36.4 Å². The van der Waals surface area contributed by atoms with Crippen molar-refractivity contribution in [3.05, 3.63) is 90.1 Å². The molecule has 0 fully saturated rings. The van der Waals surface area contributed by atoms with E-state index in [1.165, 1.54) is 17.3 Å². The molecule has 0 bridgehead atoms. The Morgan fingerprint density at radius 3 is 2.43 bits per heavy atom. The first-order valence-electron chi connectivity index (χ1n) is 11.6. The molecule has 0 atom stereocenters. The molecule has 180 valence electrons. The van der Waals surface area contributed by atoms with Crippen LogP contribution in [0.3, 0.4) is 0 Å². The van der Waals surface area contributed by atoms with Gasteiger partial charge >= 0.3 is 0 Å². The number of nitrogens with zero attached hydrogens (tertiary/aromatic N) is 1. The number of hydrogen-bond acceptors (Lipinski definition) is 4. The number of carbonyl (C=O) groups excluding carboxylic acids is 2. The Bertz CT molecular complexity index is 1300. The Morgan fingerprint density at radius 1 is 0.971 bits per heavy atom. The van der Waals surface area contributed by atoms with Crippen molar-refractivity contribution in [2.24, 2.45) is 0 Å². The van der Waals surface area contributed by atoms with Crippen LogP contribution in [-0.4, -0.2) is 35.8 Å². The first kappa shape index (κ1) is 24.4. The number of fused-ring (bicyclic) bond motifs is 1. The van der Waals surface area contributed by atoms with Gasteiger partial charge in [0.25, 0.3) is 5.91 Å². The highest BCUT2D eigenvalue weighted by Crippen LogP contribution is 2.30. The largest absolute Gasteiger partial charge is 0.497 e. The first-order chi connectivity index (χ1) is 17.1. The normalized spacial score (nSPS) is 10.8. The van der Waals surface area contributed by atoms with E-state index in [0.29, 0.717) is 30.2 Å². The summed E-state index contributed by atoms with van der Waals surface area (Å²) in [6, 6.07) is 23.1. The zero-order valence-electron chi connectivity index (χ0n) is 19.9. The topological polar surface area (TPSA) is 72.4 Å². The predicted octanol–water partition coefficient (Wildman–Crippen LogP) is 5.37. The van der Waals surface area contributed by atoms with Crippen LogP contribution < -0.4 is 15.4 Å². The summed E-state index contributed by atoms with van der Waals surface area (Å²) in [5.41, 5.74) is 3.72. The van der Waals surface area contributed by atoms with Crippen molar-refractivity contribution in [3.8, 4) is 5.75 Å². The molecule has 0 aliphatic rings. The van der Waals surface area contributed by atoms with Crippen LogP contribution in [0.25, 0.3) is 10.9 Å². The molecule has 0 radical (unpaired) electrons. The number of methoxy groups -OCH3 is 1. The summed E-state index contributed by atoms with van der Waals surface area (Å²) in [6.45, 7) is 3.22. The van der Waals surface area contributed by atoms with Gasteiger partial charge in [-0.1, -0.05) is 37.3 Å². The lowest BCUT2D eigenvalue weighted by molar-refractivity contribution is -0.113. The molecule has 0 aliphatic carbocycles. The van der Waals surface area contributed by atoms with Crippen LogP contribution in [0.1, 0.15) is 22.8 Å². The molecule has 3 aromatic carbocycles. The molecule has 6 nitrogen and oxygen atoms in total.